The molecular formula is C21H21N3O2. The van der Waals surface area contributed by atoms with Crippen molar-refractivity contribution in [2.24, 2.45) is 0 Å². The van der Waals surface area contributed by atoms with Crippen molar-refractivity contribution < 1.29 is 4.79 Å². The van der Waals surface area contributed by atoms with Crippen LogP contribution < -0.4 is 16.2 Å². The average Bonchev–Trinajstić information content (AvgIpc) is 2.62. The van der Waals surface area contributed by atoms with Gasteiger partial charge in [0.05, 0.1) is 16.9 Å². The summed E-state index contributed by atoms with van der Waals surface area (Å²) >= 11 is 0. The van der Waals surface area contributed by atoms with E-state index in [1.807, 2.05) is 36.4 Å². The van der Waals surface area contributed by atoms with Gasteiger partial charge < -0.3 is 15.6 Å². The first kappa shape index (κ1) is 17.5. The molecule has 3 N–H and O–H groups in total. The molecular weight excluding hydrogens is 326 g/mol. The predicted octanol–water partition coefficient (Wildman–Crippen LogP) is 3.86. The molecule has 2 aromatic carbocycles. The van der Waals surface area contributed by atoms with Crippen molar-refractivity contribution >= 4 is 17.3 Å². The lowest BCUT2D eigenvalue weighted by atomic mass is 10.1. The number of para-hydroxylation sites is 2. The molecule has 1 amide bonds. The second-order valence-corrected chi connectivity index (χ2v) is 6.17. The number of amides is 1. The zero-order chi connectivity index (χ0) is 18.5. The molecule has 1 heterocycles. The summed E-state index contributed by atoms with van der Waals surface area (Å²) in [5.74, 6) is -0.260. The summed E-state index contributed by atoms with van der Waals surface area (Å²) in [6, 6.07) is 17.1. The molecule has 3 rings (SSSR count). The van der Waals surface area contributed by atoms with Crippen LogP contribution in [0.3, 0.4) is 0 Å². The van der Waals surface area contributed by atoms with Crippen molar-refractivity contribution in [2.45, 2.75) is 20.4 Å². The fraction of sp³-hybridized carbons (Fsp3) is 0.143. The Kier molecular flexibility index (Phi) is 5.17. The first-order valence-corrected chi connectivity index (χ1v) is 8.42. The first-order chi connectivity index (χ1) is 12.5. The van der Waals surface area contributed by atoms with Crippen LogP contribution in [-0.4, -0.2) is 10.9 Å². The van der Waals surface area contributed by atoms with Crippen LogP contribution in [0.15, 0.2) is 65.6 Å². The number of anilines is 2. The Morgan fingerprint density at radius 3 is 2.38 bits per heavy atom. The highest BCUT2D eigenvalue weighted by Gasteiger charge is 2.12. The molecule has 0 spiro atoms. The van der Waals surface area contributed by atoms with Crippen LogP contribution in [0.25, 0.3) is 0 Å². The lowest BCUT2D eigenvalue weighted by molar-refractivity contribution is 0.102. The van der Waals surface area contributed by atoms with Gasteiger partial charge >= 0.3 is 0 Å². The van der Waals surface area contributed by atoms with Crippen molar-refractivity contribution in [2.75, 3.05) is 10.6 Å². The summed E-state index contributed by atoms with van der Waals surface area (Å²) in [7, 11) is 0. The standard InChI is InChI=1S/C21H21N3O2/c1-14-7-3-4-8-16(14)12-22-18-9-5-6-10-19(18)24-21(26)17-13-23-20(25)11-15(17)2/h3-11,13,22H,12H2,1-2H3,(H,23,25)(H,24,26). The van der Waals surface area contributed by atoms with Gasteiger partial charge in [0.15, 0.2) is 0 Å². The fourth-order valence-corrected chi connectivity index (χ4v) is 2.75. The Morgan fingerprint density at radius 2 is 1.65 bits per heavy atom. The van der Waals surface area contributed by atoms with E-state index in [1.54, 1.807) is 6.92 Å². The zero-order valence-corrected chi connectivity index (χ0v) is 14.8. The number of aromatic nitrogens is 1. The molecule has 0 radical (unpaired) electrons. The maximum atomic E-state index is 12.6. The van der Waals surface area contributed by atoms with Gasteiger partial charge in [0.2, 0.25) is 5.56 Å². The second-order valence-electron chi connectivity index (χ2n) is 6.17. The van der Waals surface area contributed by atoms with Crippen LogP contribution in [-0.2, 0) is 6.54 Å². The SMILES string of the molecule is Cc1ccccc1CNc1ccccc1NC(=O)c1c[nH]c(=O)cc1C. The van der Waals surface area contributed by atoms with E-state index >= 15 is 0 Å². The zero-order valence-electron chi connectivity index (χ0n) is 14.8. The number of carbonyl (C=O) groups excluding carboxylic acids is 1. The van der Waals surface area contributed by atoms with Gasteiger partial charge in [-0.25, -0.2) is 0 Å². The highest BCUT2D eigenvalue weighted by molar-refractivity contribution is 6.06. The second kappa shape index (κ2) is 7.70. The molecule has 0 aliphatic heterocycles. The van der Waals surface area contributed by atoms with Crippen molar-refractivity contribution in [3.8, 4) is 0 Å². The van der Waals surface area contributed by atoms with Crippen molar-refractivity contribution in [1.82, 2.24) is 4.98 Å². The van der Waals surface area contributed by atoms with E-state index in [9.17, 15) is 9.59 Å². The summed E-state index contributed by atoms with van der Waals surface area (Å²) in [5.41, 5.74) is 4.80. The molecule has 0 saturated carbocycles. The number of hydrogen-bond acceptors (Lipinski definition) is 3. The minimum absolute atomic E-state index is 0.223. The van der Waals surface area contributed by atoms with Gasteiger partial charge in [0, 0.05) is 18.8 Å². The van der Waals surface area contributed by atoms with E-state index in [1.165, 1.54) is 23.4 Å². The Labute approximate surface area is 152 Å². The highest BCUT2D eigenvalue weighted by Crippen LogP contribution is 2.23. The topological polar surface area (TPSA) is 74.0 Å². The molecule has 132 valence electrons. The number of carbonyl (C=O) groups is 1. The maximum Gasteiger partial charge on any atom is 0.257 e. The lowest BCUT2D eigenvalue weighted by Gasteiger charge is -2.14. The minimum Gasteiger partial charge on any atom is -0.379 e. The van der Waals surface area contributed by atoms with Crippen molar-refractivity contribution in [1.29, 1.82) is 0 Å². The average molecular weight is 347 g/mol. The van der Waals surface area contributed by atoms with Gasteiger partial charge in [-0.05, 0) is 42.7 Å². The van der Waals surface area contributed by atoms with Crippen LogP contribution in [0.2, 0.25) is 0 Å². The number of nitrogens with one attached hydrogen (secondary N) is 3. The Hall–Kier alpha value is -3.34. The van der Waals surface area contributed by atoms with E-state index in [0.717, 1.165) is 5.69 Å². The minimum atomic E-state index is -0.260. The molecule has 1 aromatic heterocycles. The van der Waals surface area contributed by atoms with E-state index in [4.69, 9.17) is 0 Å². The third-order valence-electron chi connectivity index (χ3n) is 4.28. The smallest absolute Gasteiger partial charge is 0.257 e. The largest absolute Gasteiger partial charge is 0.379 e. The van der Waals surface area contributed by atoms with Crippen LogP contribution in [0, 0.1) is 13.8 Å². The molecule has 0 atom stereocenters. The summed E-state index contributed by atoms with van der Waals surface area (Å²) in [5, 5.41) is 6.29. The molecule has 0 aliphatic rings. The number of aryl methyl sites for hydroxylation is 2. The van der Waals surface area contributed by atoms with Gasteiger partial charge in [-0.15, -0.1) is 0 Å². The maximum absolute atomic E-state index is 12.6. The normalized spacial score (nSPS) is 10.4. The molecule has 0 fully saturated rings. The molecule has 0 unspecified atom stereocenters. The van der Waals surface area contributed by atoms with Crippen LogP contribution in [0.5, 0.6) is 0 Å². The Bertz CT molecular complexity index is 992. The van der Waals surface area contributed by atoms with E-state index in [2.05, 4.69) is 34.7 Å². The van der Waals surface area contributed by atoms with Gasteiger partial charge in [0.1, 0.15) is 0 Å². The van der Waals surface area contributed by atoms with E-state index < -0.39 is 0 Å². The number of aromatic amines is 1. The molecule has 3 aromatic rings. The number of H-pyrrole nitrogens is 1. The molecule has 0 aliphatic carbocycles. The third-order valence-corrected chi connectivity index (χ3v) is 4.28. The Morgan fingerprint density at radius 1 is 0.962 bits per heavy atom. The molecule has 0 saturated heterocycles. The lowest BCUT2D eigenvalue weighted by Crippen LogP contribution is -2.17. The molecule has 26 heavy (non-hydrogen) atoms. The quantitative estimate of drug-likeness (QED) is 0.656. The summed E-state index contributed by atoms with van der Waals surface area (Å²) in [6.45, 7) is 4.48. The van der Waals surface area contributed by atoms with Crippen molar-refractivity contribution in [3.05, 3.63) is 93.4 Å². The highest BCUT2D eigenvalue weighted by atomic mass is 16.1. The molecule has 0 bridgehead atoms. The molecule has 5 heteroatoms. The van der Waals surface area contributed by atoms with Gasteiger partial charge in [-0.3, -0.25) is 9.59 Å². The van der Waals surface area contributed by atoms with Crippen LogP contribution in [0.4, 0.5) is 11.4 Å². The van der Waals surface area contributed by atoms with Crippen LogP contribution >= 0.6 is 0 Å². The third kappa shape index (κ3) is 4.00. The summed E-state index contributed by atoms with van der Waals surface area (Å²) in [4.78, 5) is 26.4. The van der Waals surface area contributed by atoms with Crippen molar-refractivity contribution in [3.63, 3.8) is 0 Å². The number of pyridine rings is 1. The first-order valence-electron chi connectivity index (χ1n) is 8.42. The summed E-state index contributed by atoms with van der Waals surface area (Å²) in [6.07, 6.45) is 1.44. The number of rotatable bonds is 5. The summed E-state index contributed by atoms with van der Waals surface area (Å²) < 4.78 is 0. The van der Waals surface area contributed by atoms with Gasteiger partial charge in [-0.1, -0.05) is 36.4 Å². The van der Waals surface area contributed by atoms with Gasteiger partial charge in [-0.2, -0.15) is 0 Å². The Balaban J connectivity index is 1.77. The van der Waals surface area contributed by atoms with Crippen LogP contribution in [0.1, 0.15) is 27.0 Å². The number of benzene rings is 2. The molecule has 5 nitrogen and oxygen atoms in total. The van der Waals surface area contributed by atoms with E-state index in [-0.39, 0.29) is 11.5 Å². The van der Waals surface area contributed by atoms with Gasteiger partial charge in [0.25, 0.3) is 5.91 Å². The fourth-order valence-electron chi connectivity index (χ4n) is 2.75. The predicted molar refractivity (Wildman–Crippen MR) is 105 cm³/mol. The van der Waals surface area contributed by atoms with E-state index in [0.29, 0.717) is 23.4 Å². The monoisotopic (exact) mass is 347 g/mol. The number of hydrogen-bond donors (Lipinski definition) is 3.